The second-order valence-corrected chi connectivity index (χ2v) is 3.84. The molecular weight excluding hydrogens is 218 g/mol. The van der Waals surface area contributed by atoms with Crippen LogP contribution in [0.1, 0.15) is 17.5 Å². The zero-order valence-electron chi connectivity index (χ0n) is 10.2. The summed E-state index contributed by atoms with van der Waals surface area (Å²) in [6.45, 7) is 2.30. The first kappa shape index (κ1) is 13.2. The molecule has 0 bridgehead atoms. The van der Waals surface area contributed by atoms with E-state index in [2.05, 4.69) is 10.1 Å². The fraction of sp³-hybridized carbons (Fsp3) is 0.385. The van der Waals surface area contributed by atoms with Gasteiger partial charge in [0, 0.05) is 6.54 Å². The monoisotopic (exact) mass is 235 g/mol. The predicted molar refractivity (Wildman–Crippen MR) is 64.5 cm³/mol. The minimum Gasteiger partial charge on any atom is -0.469 e. The smallest absolute Gasteiger partial charge is 0.307 e. The summed E-state index contributed by atoms with van der Waals surface area (Å²) in [7, 11) is 1.33. The summed E-state index contributed by atoms with van der Waals surface area (Å²) in [5.41, 5.74) is 2.10. The third kappa shape index (κ3) is 5.15. The van der Waals surface area contributed by atoms with E-state index in [4.69, 9.17) is 0 Å². The molecule has 0 atom stereocenters. The van der Waals surface area contributed by atoms with E-state index in [0.29, 0.717) is 13.0 Å². The van der Waals surface area contributed by atoms with E-state index >= 15 is 0 Å². The lowest BCUT2D eigenvalue weighted by Crippen LogP contribution is -2.27. The van der Waals surface area contributed by atoms with Crippen molar-refractivity contribution in [1.29, 1.82) is 0 Å². The number of hydrogen-bond acceptors (Lipinski definition) is 3. The maximum atomic E-state index is 11.5. The van der Waals surface area contributed by atoms with Crippen molar-refractivity contribution >= 4 is 11.9 Å². The number of esters is 1. The Morgan fingerprint density at radius 1 is 1.35 bits per heavy atom. The Hall–Kier alpha value is -1.84. The summed E-state index contributed by atoms with van der Waals surface area (Å²) >= 11 is 0. The molecule has 0 heterocycles. The Bertz CT molecular complexity index is 401. The van der Waals surface area contributed by atoms with Gasteiger partial charge in [-0.25, -0.2) is 0 Å². The molecule has 1 amide bonds. The van der Waals surface area contributed by atoms with E-state index in [1.54, 1.807) is 0 Å². The van der Waals surface area contributed by atoms with E-state index < -0.39 is 0 Å². The van der Waals surface area contributed by atoms with Gasteiger partial charge in [-0.05, 0) is 12.5 Å². The van der Waals surface area contributed by atoms with Crippen molar-refractivity contribution in [1.82, 2.24) is 5.32 Å². The molecular formula is C13H17NO3. The number of methoxy groups -OCH3 is 1. The van der Waals surface area contributed by atoms with Crippen LogP contribution in [0, 0.1) is 6.92 Å². The SMILES string of the molecule is COC(=O)CCNC(=O)Cc1cccc(C)c1. The first-order valence-electron chi connectivity index (χ1n) is 5.51. The van der Waals surface area contributed by atoms with Gasteiger partial charge in [0.2, 0.25) is 5.91 Å². The quantitative estimate of drug-likeness (QED) is 0.781. The molecule has 0 saturated heterocycles. The van der Waals surface area contributed by atoms with Crippen molar-refractivity contribution in [2.24, 2.45) is 0 Å². The fourth-order valence-corrected chi connectivity index (χ4v) is 1.48. The summed E-state index contributed by atoms with van der Waals surface area (Å²) in [4.78, 5) is 22.4. The van der Waals surface area contributed by atoms with Gasteiger partial charge < -0.3 is 10.1 Å². The Kier molecular flexibility index (Phi) is 5.20. The number of rotatable bonds is 5. The summed E-state index contributed by atoms with van der Waals surface area (Å²) in [5.74, 6) is -0.402. The highest BCUT2D eigenvalue weighted by atomic mass is 16.5. The molecule has 4 heteroatoms. The van der Waals surface area contributed by atoms with Gasteiger partial charge in [-0.2, -0.15) is 0 Å². The predicted octanol–water partition coefficient (Wildman–Crippen LogP) is 1.22. The van der Waals surface area contributed by atoms with Gasteiger partial charge in [-0.3, -0.25) is 9.59 Å². The summed E-state index contributed by atoms with van der Waals surface area (Å²) in [6, 6.07) is 7.79. The number of carbonyl (C=O) groups excluding carboxylic acids is 2. The van der Waals surface area contributed by atoms with Crippen LogP contribution in [0.5, 0.6) is 0 Å². The third-order valence-corrected chi connectivity index (χ3v) is 2.33. The van der Waals surface area contributed by atoms with Crippen molar-refractivity contribution in [3.63, 3.8) is 0 Å². The van der Waals surface area contributed by atoms with Gasteiger partial charge in [0.1, 0.15) is 0 Å². The van der Waals surface area contributed by atoms with Crippen molar-refractivity contribution in [2.45, 2.75) is 19.8 Å². The number of benzene rings is 1. The molecule has 1 N–H and O–H groups in total. The lowest BCUT2D eigenvalue weighted by atomic mass is 10.1. The highest BCUT2D eigenvalue weighted by Crippen LogP contribution is 2.04. The second-order valence-electron chi connectivity index (χ2n) is 3.84. The number of ether oxygens (including phenoxy) is 1. The normalized spacial score (nSPS) is 9.76. The molecule has 0 aliphatic heterocycles. The van der Waals surface area contributed by atoms with Gasteiger partial charge in [0.05, 0.1) is 20.0 Å². The molecule has 0 unspecified atom stereocenters. The summed E-state index contributed by atoms with van der Waals surface area (Å²) in [6.07, 6.45) is 0.541. The van der Waals surface area contributed by atoms with Crippen LogP contribution in [-0.4, -0.2) is 25.5 Å². The molecule has 0 aromatic heterocycles. The number of nitrogens with one attached hydrogen (secondary N) is 1. The molecule has 1 aromatic rings. The first-order chi connectivity index (χ1) is 8.11. The van der Waals surface area contributed by atoms with Crippen molar-refractivity contribution < 1.29 is 14.3 Å². The zero-order chi connectivity index (χ0) is 12.7. The number of hydrogen-bond donors (Lipinski definition) is 1. The summed E-state index contributed by atoms with van der Waals surface area (Å²) in [5, 5.41) is 2.68. The molecule has 0 aliphatic rings. The Morgan fingerprint density at radius 3 is 2.76 bits per heavy atom. The van der Waals surface area contributed by atoms with Crippen molar-refractivity contribution in [3.05, 3.63) is 35.4 Å². The Morgan fingerprint density at radius 2 is 2.12 bits per heavy atom. The highest BCUT2D eigenvalue weighted by molar-refractivity contribution is 5.79. The first-order valence-corrected chi connectivity index (χ1v) is 5.51. The van der Waals surface area contributed by atoms with Crippen LogP contribution in [0.4, 0.5) is 0 Å². The van der Waals surface area contributed by atoms with Crippen LogP contribution in [0.25, 0.3) is 0 Å². The lowest BCUT2D eigenvalue weighted by molar-refractivity contribution is -0.140. The van der Waals surface area contributed by atoms with Crippen LogP contribution >= 0.6 is 0 Å². The maximum Gasteiger partial charge on any atom is 0.307 e. The molecule has 1 rings (SSSR count). The summed E-state index contributed by atoms with van der Waals surface area (Å²) < 4.78 is 4.48. The average molecular weight is 235 g/mol. The third-order valence-electron chi connectivity index (χ3n) is 2.33. The van der Waals surface area contributed by atoms with Crippen LogP contribution in [0.15, 0.2) is 24.3 Å². The minimum atomic E-state index is -0.319. The molecule has 17 heavy (non-hydrogen) atoms. The molecule has 0 aliphatic carbocycles. The van der Waals surface area contributed by atoms with E-state index in [1.165, 1.54) is 7.11 Å². The average Bonchev–Trinajstić information content (AvgIpc) is 2.28. The minimum absolute atomic E-state index is 0.0838. The standard InChI is InChI=1S/C13H17NO3/c1-10-4-3-5-11(8-10)9-12(15)14-7-6-13(16)17-2/h3-5,8H,6-7,9H2,1-2H3,(H,14,15). The van der Waals surface area contributed by atoms with E-state index in [9.17, 15) is 9.59 Å². The van der Waals surface area contributed by atoms with Crippen LogP contribution in [0.3, 0.4) is 0 Å². The van der Waals surface area contributed by atoms with Crippen LogP contribution in [-0.2, 0) is 20.7 Å². The maximum absolute atomic E-state index is 11.5. The number of aryl methyl sites for hydroxylation is 1. The molecule has 0 saturated carbocycles. The van der Waals surface area contributed by atoms with Crippen LogP contribution < -0.4 is 5.32 Å². The molecule has 4 nitrogen and oxygen atoms in total. The van der Waals surface area contributed by atoms with E-state index in [0.717, 1.165) is 11.1 Å². The van der Waals surface area contributed by atoms with Gasteiger partial charge in [0.15, 0.2) is 0 Å². The van der Waals surface area contributed by atoms with Crippen LogP contribution in [0.2, 0.25) is 0 Å². The molecule has 0 spiro atoms. The van der Waals surface area contributed by atoms with E-state index in [-0.39, 0.29) is 18.3 Å². The molecule has 0 fully saturated rings. The van der Waals surface area contributed by atoms with Gasteiger partial charge >= 0.3 is 5.97 Å². The largest absolute Gasteiger partial charge is 0.469 e. The van der Waals surface area contributed by atoms with Gasteiger partial charge in [0.25, 0.3) is 0 Å². The number of carbonyl (C=O) groups is 2. The highest BCUT2D eigenvalue weighted by Gasteiger charge is 2.05. The van der Waals surface area contributed by atoms with Gasteiger partial charge in [-0.1, -0.05) is 29.8 Å². The zero-order valence-corrected chi connectivity index (χ0v) is 10.2. The molecule has 0 radical (unpaired) electrons. The lowest BCUT2D eigenvalue weighted by Gasteiger charge is -2.05. The van der Waals surface area contributed by atoms with Crippen molar-refractivity contribution in [2.75, 3.05) is 13.7 Å². The van der Waals surface area contributed by atoms with Crippen molar-refractivity contribution in [3.8, 4) is 0 Å². The molecule has 92 valence electrons. The second kappa shape index (κ2) is 6.68. The molecule has 1 aromatic carbocycles. The van der Waals surface area contributed by atoms with Gasteiger partial charge in [-0.15, -0.1) is 0 Å². The number of amides is 1. The Balaban J connectivity index is 2.32. The van der Waals surface area contributed by atoms with E-state index in [1.807, 2.05) is 31.2 Å². The fourth-order valence-electron chi connectivity index (χ4n) is 1.48. The topological polar surface area (TPSA) is 55.4 Å². The Labute approximate surface area is 101 Å².